The van der Waals surface area contributed by atoms with Gasteiger partial charge in [0, 0.05) is 32.4 Å². The van der Waals surface area contributed by atoms with Crippen molar-refractivity contribution >= 4 is 22.9 Å². The highest BCUT2D eigenvalue weighted by Crippen LogP contribution is 2.14. The molecule has 2 aromatic heterocycles. The molecule has 2 aromatic rings. The van der Waals surface area contributed by atoms with E-state index in [0.29, 0.717) is 10.7 Å². The Balaban J connectivity index is 2.09. The molecule has 0 fully saturated rings. The van der Waals surface area contributed by atoms with Crippen molar-refractivity contribution in [2.45, 2.75) is 6.54 Å². The Hall–Kier alpha value is -1.95. The van der Waals surface area contributed by atoms with Crippen molar-refractivity contribution in [1.29, 1.82) is 0 Å². The Labute approximate surface area is 111 Å². The summed E-state index contributed by atoms with van der Waals surface area (Å²) in [6.07, 6.45) is 5.62. The first kappa shape index (κ1) is 12.5. The molecule has 0 spiro atoms. The van der Waals surface area contributed by atoms with Crippen molar-refractivity contribution < 1.29 is 0 Å². The molecule has 2 heterocycles. The lowest BCUT2D eigenvalue weighted by atomic mass is 10.3. The van der Waals surface area contributed by atoms with Crippen LogP contribution < -0.4 is 10.6 Å². The number of nitrogens with two attached hydrogens (primary N) is 1. The molecule has 0 aliphatic carbocycles. The van der Waals surface area contributed by atoms with Crippen molar-refractivity contribution in [3.63, 3.8) is 0 Å². The number of hydrogen-bond donors (Lipinski definition) is 1. The summed E-state index contributed by atoms with van der Waals surface area (Å²) in [5.41, 5.74) is 8.32. The van der Waals surface area contributed by atoms with E-state index < -0.39 is 0 Å². The van der Waals surface area contributed by atoms with Gasteiger partial charge >= 0.3 is 0 Å². The van der Waals surface area contributed by atoms with Gasteiger partial charge in [-0.1, -0.05) is 12.2 Å². The molecule has 6 heteroatoms. The van der Waals surface area contributed by atoms with Crippen LogP contribution in [0.1, 0.15) is 11.3 Å². The summed E-state index contributed by atoms with van der Waals surface area (Å²) in [6.45, 7) is 0.780. The highest BCUT2D eigenvalue weighted by molar-refractivity contribution is 7.80. The van der Waals surface area contributed by atoms with Gasteiger partial charge in [-0.15, -0.1) is 0 Å². The largest absolute Gasteiger partial charge is 0.388 e. The van der Waals surface area contributed by atoms with Crippen LogP contribution in [-0.2, 0) is 13.6 Å². The number of anilines is 1. The highest BCUT2D eigenvalue weighted by Gasteiger charge is 2.05. The van der Waals surface area contributed by atoms with Crippen LogP contribution in [-0.4, -0.2) is 26.8 Å². The van der Waals surface area contributed by atoms with Gasteiger partial charge < -0.3 is 10.6 Å². The van der Waals surface area contributed by atoms with E-state index in [9.17, 15) is 0 Å². The third kappa shape index (κ3) is 2.84. The average Bonchev–Trinajstić information content (AvgIpc) is 2.75. The zero-order valence-electron chi connectivity index (χ0n) is 10.4. The standard InChI is InChI=1S/C12H15N5S/c1-16(7-9-5-15-17(2)8-9)10-3-4-11(12(13)18)14-6-10/h3-6,8H,7H2,1-2H3,(H2,13,18). The van der Waals surface area contributed by atoms with Crippen molar-refractivity contribution in [3.8, 4) is 0 Å². The summed E-state index contributed by atoms with van der Waals surface area (Å²) in [5, 5.41) is 4.14. The van der Waals surface area contributed by atoms with E-state index in [1.54, 1.807) is 10.9 Å². The van der Waals surface area contributed by atoms with Gasteiger partial charge in [0.1, 0.15) is 4.99 Å². The number of aryl methyl sites for hydroxylation is 1. The number of hydrogen-bond acceptors (Lipinski definition) is 4. The third-order valence-electron chi connectivity index (χ3n) is 2.62. The normalized spacial score (nSPS) is 10.3. The van der Waals surface area contributed by atoms with E-state index in [2.05, 4.69) is 15.0 Å². The molecule has 0 radical (unpaired) electrons. The van der Waals surface area contributed by atoms with E-state index in [-0.39, 0.29) is 0 Å². The predicted octanol–water partition coefficient (Wildman–Crippen LogP) is 1.09. The minimum atomic E-state index is 0.316. The highest BCUT2D eigenvalue weighted by atomic mass is 32.1. The molecular weight excluding hydrogens is 246 g/mol. The number of rotatable bonds is 4. The van der Waals surface area contributed by atoms with Gasteiger partial charge in [0.05, 0.1) is 23.8 Å². The third-order valence-corrected chi connectivity index (χ3v) is 2.83. The van der Waals surface area contributed by atoms with Gasteiger partial charge in [-0.3, -0.25) is 9.67 Å². The number of aromatic nitrogens is 3. The summed E-state index contributed by atoms with van der Waals surface area (Å²) in [5.74, 6) is 0. The summed E-state index contributed by atoms with van der Waals surface area (Å²) in [4.78, 5) is 6.62. The fraction of sp³-hybridized carbons (Fsp3) is 0.250. The minimum absolute atomic E-state index is 0.316. The van der Waals surface area contributed by atoms with Crippen LogP contribution in [0.15, 0.2) is 30.7 Å². The first-order valence-electron chi connectivity index (χ1n) is 5.51. The first-order chi connectivity index (χ1) is 8.56. The molecule has 0 amide bonds. The van der Waals surface area contributed by atoms with E-state index in [0.717, 1.165) is 17.8 Å². The Kier molecular flexibility index (Phi) is 3.57. The van der Waals surface area contributed by atoms with Crippen LogP contribution in [0, 0.1) is 0 Å². The second kappa shape index (κ2) is 5.14. The number of nitrogens with zero attached hydrogens (tertiary/aromatic N) is 4. The molecule has 0 unspecified atom stereocenters. The van der Waals surface area contributed by atoms with Crippen LogP contribution in [0.2, 0.25) is 0 Å². The Morgan fingerprint density at radius 2 is 2.22 bits per heavy atom. The molecule has 18 heavy (non-hydrogen) atoms. The lowest BCUT2D eigenvalue weighted by Gasteiger charge is -2.18. The Bertz CT molecular complexity index is 546. The molecule has 0 aliphatic heterocycles. The SMILES string of the molecule is CN(Cc1cnn(C)c1)c1ccc(C(N)=S)nc1. The predicted molar refractivity (Wildman–Crippen MR) is 75.4 cm³/mol. The van der Waals surface area contributed by atoms with Gasteiger partial charge in [0.2, 0.25) is 0 Å². The van der Waals surface area contributed by atoms with Gasteiger partial charge in [0.15, 0.2) is 0 Å². The molecule has 94 valence electrons. The zero-order chi connectivity index (χ0) is 13.1. The summed E-state index contributed by atoms with van der Waals surface area (Å²) in [6, 6.07) is 3.79. The second-order valence-electron chi connectivity index (χ2n) is 4.14. The molecule has 0 aliphatic rings. The van der Waals surface area contributed by atoms with Gasteiger partial charge in [-0.25, -0.2) is 0 Å². The van der Waals surface area contributed by atoms with Crippen molar-refractivity contribution in [3.05, 3.63) is 42.0 Å². The molecule has 0 saturated carbocycles. The number of thiocarbonyl (C=S) groups is 1. The smallest absolute Gasteiger partial charge is 0.122 e. The summed E-state index contributed by atoms with van der Waals surface area (Å²) >= 11 is 4.87. The van der Waals surface area contributed by atoms with E-state index in [1.807, 2.05) is 38.6 Å². The fourth-order valence-electron chi connectivity index (χ4n) is 1.68. The van der Waals surface area contributed by atoms with Crippen molar-refractivity contribution in [2.75, 3.05) is 11.9 Å². The molecule has 0 aromatic carbocycles. The van der Waals surface area contributed by atoms with E-state index >= 15 is 0 Å². The second-order valence-corrected chi connectivity index (χ2v) is 4.58. The molecule has 5 nitrogen and oxygen atoms in total. The van der Waals surface area contributed by atoms with Crippen LogP contribution in [0.4, 0.5) is 5.69 Å². The zero-order valence-corrected chi connectivity index (χ0v) is 11.2. The Morgan fingerprint density at radius 3 is 2.72 bits per heavy atom. The average molecular weight is 261 g/mol. The van der Waals surface area contributed by atoms with Gasteiger partial charge in [0.25, 0.3) is 0 Å². The molecule has 2 rings (SSSR count). The summed E-state index contributed by atoms with van der Waals surface area (Å²) < 4.78 is 1.79. The lowest BCUT2D eigenvalue weighted by molar-refractivity contribution is 0.766. The molecule has 2 N–H and O–H groups in total. The maximum absolute atomic E-state index is 5.51. The summed E-state index contributed by atoms with van der Waals surface area (Å²) in [7, 11) is 3.91. The molecular formula is C12H15N5S. The van der Waals surface area contributed by atoms with Gasteiger partial charge in [-0.05, 0) is 12.1 Å². The van der Waals surface area contributed by atoms with Crippen LogP contribution in [0.25, 0.3) is 0 Å². The van der Waals surface area contributed by atoms with Crippen LogP contribution in [0.5, 0.6) is 0 Å². The van der Waals surface area contributed by atoms with Crippen molar-refractivity contribution in [1.82, 2.24) is 14.8 Å². The topological polar surface area (TPSA) is 60.0 Å². The number of pyridine rings is 1. The van der Waals surface area contributed by atoms with E-state index in [4.69, 9.17) is 18.0 Å². The maximum atomic E-state index is 5.51. The molecule has 0 saturated heterocycles. The van der Waals surface area contributed by atoms with Crippen LogP contribution in [0.3, 0.4) is 0 Å². The van der Waals surface area contributed by atoms with Crippen LogP contribution >= 0.6 is 12.2 Å². The van der Waals surface area contributed by atoms with E-state index in [1.165, 1.54) is 0 Å². The maximum Gasteiger partial charge on any atom is 0.122 e. The van der Waals surface area contributed by atoms with Crippen molar-refractivity contribution in [2.24, 2.45) is 12.8 Å². The monoisotopic (exact) mass is 261 g/mol. The fourth-order valence-corrected chi connectivity index (χ4v) is 1.80. The molecule has 0 atom stereocenters. The van der Waals surface area contributed by atoms with Gasteiger partial charge in [-0.2, -0.15) is 5.10 Å². The molecule has 0 bridgehead atoms. The Morgan fingerprint density at radius 1 is 1.44 bits per heavy atom. The minimum Gasteiger partial charge on any atom is -0.388 e. The lowest BCUT2D eigenvalue weighted by Crippen LogP contribution is -2.17. The first-order valence-corrected chi connectivity index (χ1v) is 5.91. The quantitative estimate of drug-likeness (QED) is 0.835.